The Bertz CT molecular complexity index is 584. The molecule has 0 N–H and O–H groups in total. The first-order valence-corrected chi connectivity index (χ1v) is 8.63. The second-order valence-electron chi connectivity index (χ2n) is 6.12. The van der Waals surface area contributed by atoms with E-state index < -0.39 is 6.36 Å². The number of halogens is 4. The van der Waals surface area contributed by atoms with Gasteiger partial charge in [0.25, 0.3) is 0 Å². The van der Waals surface area contributed by atoms with Crippen LogP contribution in [0.3, 0.4) is 0 Å². The Kier molecular flexibility index (Phi) is 5.34. The lowest BCUT2D eigenvalue weighted by molar-refractivity contribution is -0.274. The van der Waals surface area contributed by atoms with Crippen molar-refractivity contribution in [3.8, 4) is 5.75 Å². The summed E-state index contributed by atoms with van der Waals surface area (Å²) in [6, 6.07) is 6.07. The molecule has 0 spiro atoms. The molecule has 4 nitrogen and oxygen atoms in total. The summed E-state index contributed by atoms with van der Waals surface area (Å²) in [4.78, 5) is 7.73. The Balaban J connectivity index is 1.46. The molecule has 8 heteroatoms. The number of piperidine rings is 1. The Morgan fingerprint density at radius 3 is 2.42 bits per heavy atom. The minimum Gasteiger partial charge on any atom is -0.406 e. The third-order valence-corrected chi connectivity index (χ3v) is 4.85. The molecule has 3 rings (SSSR count). The maximum absolute atomic E-state index is 12.2. The second kappa shape index (κ2) is 7.31. The van der Waals surface area contributed by atoms with Gasteiger partial charge in [-0.25, -0.2) is 0 Å². The van der Waals surface area contributed by atoms with Gasteiger partial charge in [-0.1, -0.05) is 17.3 Å². The van der Waals surface area contributed by atoms with Crippen LogP contribution in [0.15, 0.2) is 29.4 Å². The van der Waals surface area contributed by atoms with Crippen LogP contribution in [-0.4, -0.2) is 35.1 Å². The van der Waals surface area contributed by atoms with Crippen LogP contribution >= 0.6 is 15.9 Å². The van der Waals surface area contributed by atoms with Gasteiger partial charge in [0.1, 0.15) is 16.5 Å². The minimum absolute atomic E-state index is 0.167. The highest BCUT2D eigenvalue weighted by Crippen LogP contribution is 2.30. The summed E-state index contributed by atoms with van der Waals surface area (Å²) in [7, 11) is 0. The second-order valence-corrected chi connectivity index (χ2v) is 7.04. The summed E-state index contributed by atoms with van der Waals surface area (Å²) in [5.74, 6) is 0.316. The van der Waals surface area contributed by atoms with Crippen molar-refractivity contribution in [1.29, 1.82) is 0 Å². The monoisotopic (exact) mass is 406 g/mol. The Morgan fingerprint density at radius 1 is 1.21 bits per heavy atom. The van der Waals surface area contributed by atoms with Crippen LogP contribution in [0, 0.1) is 5.92 Å². The number of hydrogen-bond donors (Lipinski definition) is 0. The molecule has 2 aliphatic heterocycles. The van der Waals surface area contributed by atoms with Crippen LogP contribution in [0.1, 0.15) is 24.8 Å². The van der Waals surface area contributed by atoms with Crippen molar-refractivity contribution < 1.29 is 22.7 Å². The van der Waals surface area contributed by atoms with Gasteiger partial charge in [-0.3, -0.25) is 4.90 Å². The quantitative estimate of drug-likeness (QED) is 0.747. The molecule has 0 amide bonds. The molecule has 1 saturated heterocycles. The maximum atomic E-state index is 12.2. The van der Waals surface area contributed by atoms with Crippen molar-refractivity contribution in [2.24, 2.45) is 11.1 Å². The van der Waals surface area contributed by atoms with E-state index >= 15 is 0 Å². The Morgan fingerprint density at radius 2 is 1.88 bits per heavy atom. The fraction of sp³-hybridized carbons (Fsp3) is 0.562. The lowest BCUT2D eigenvalue weighted by Gasteiger charge is -2.33. The van der Waals surface area contributed by atoms with Crippen LogP contribution in [0.4, 0.5) is 13.2 Å². The molecule has 0 aromatic heterocycles. The molecule has 0 radical (unpaired) electrons. The van der Waals surface area contributed by atoms with E-state index in [1.807, 2.05) is 0 Å². The van der Waals surface area contributed by atoms with Crippen LogP contribution in [-0.2, 0) is 11.4 Å². The predicted molar refractivity (Wildman–Crippen MR) is 87.0 cm³/mol. The van der Waals surface area contributed by atoms with Gasteiger partial charge in [-0.05, 0) is 59.6 Å². The molecular weight excluding hydrogens is 389 g/mol. The van der Waals surface area contributed by atoms with E-state index in [0.29, 0.717) is 5.92 Å². The number of likely N-dealkylation sites (tertiary alicyclic amines) is 1. The van der Waals surface area contributed by atoms with E-state index in [1.54, 1.807) is 12.1 Å². The number of hydrogen-bond acceptors (Lipinski definition) is 4. The molecule has 1 fully saturated rings. The van der Waals surface area contributed by atoms with E-state index in [4.69, 9.17) is 4.84 Å². The summed E-state index contributed by atoms with van der Waals surface area (Å²) in [6.07, 6.45) is -1.57. The van der Waals surface area contributed by atoms with E-state index in [-0.39, 0.29) is 11.9 Å². The molecule has 1 aromatic rings. The molecule has 0 saturated carbocycles. The Labute approximate surface area is 146 Å². The number of oxime groups is 1. The van der Waals surface area contributed by atoms with Crippen molar-refractivity contribution in [2.45, 2.75) is 38.3 Å². The number of ether oxygens (including phenoxy) is 1. The van der Waals surface area contributed by atoms with Crippen molar-refractivity contribution in [1.82, 2.24) is 4.90 Å². The highest BCUT2D eigenvalue weighted by Gasteiger charge is 2.32. The van der Waals surface area contributed by atoms with Crippen molar-refractivity contribution in [3.63, 3.8) is 0 Å². The van der Waals surface area contributed by atoms with Crippen molar-refractivity contribution >= 4 is 20.6 Å². The smallest absolute Gasteiger partial charge is 0.406 e. The third kappa shape index (κ3) is 4.86. The van der Waals surface area contributed by atoms with Gasteiger partial charge >= 0.3 is 6.36 Å². The maximum Gasteiger partial charge on any atom is 0.573 e. The predicted octanol–water partition coefficient (Wildman–Crippen LogP) is 4.29. The first-order valence-electron chi connectivity index (χ1n) is 7.84. The normalized spacial score (nSPS) is 23.0. The highest BCUT2D eigenvalue weighted by atomic mass is 79.9. The van der Waals surface area contributed by atoms with Gasteiger partial charge in [0.05, 0.1) is 0 Å². The SMILES string of the molecule is FC(F)(F)Oc1ccc(CN2CCC(C3CC(Br)=NO3)CC2)cc1. The number of rotatable bonds is 4. The zero-order chi connectivity index (χ0) is 17.2. The van der Waals surface area contributed by atoms with Gasteiger partial charge in [0, 0.05) is 18.9 Å². The van der Waals surface area contributed by atoms with E-state index in [9.17, 15) is 13.2 Å². The molecule has 0 bridgehead atoms. The minimum atomic E-state index is -4.65. The third-order valence-electron chi connectivity index (χ3n) is 4.38. The summed E-state index contributed by atoms with van der Waals surface area (Å²) >= 11 is 3.36. The van der Waals surface area contributed by atoms with Crippen LogP contribution in [0.5, 0.6) is 5.75 Å². The van der Waals surface area contributed by atoms with E-state index in [0.717, 1.165) is 49.1 Å². The van der Waals surface area contributed by atoms with E-state index in [2.05, 4.69) is 30.7 Å². The molecule has 1 atom stereocenters. The molecule has 2 heterocycles. The average molecular weight is 407 g/mol. The molecule has 1 aromatic carbocycles. The first kappa shape index (κ1) is 17.5. The topological polar surface area (TPSA) is 34.1 Å². The van der Waals surface area contributed by atoms with Gasteiger partial charge in [0.15, 0.2) is 0 Å². The van der Waals surface area contributed by atoms with Crippen molar-refractivity contribution in [3.05, 3.63) is 29.8 Å². The zero-order valence-electron chi connectivity index (χ0n) is 12.9. The lowest BCUT2D eigenvalue weighted by atomic mass is 9.90. The zero-order valence-corrected chi connectivity index (χ0v) is 14.5. The van der Waals surface area contributed by atoms with Gasteiger partial charge in [-0.2, -0.15) is 0 Å². The van der Waals surface area contributed by atoms with E-state index in [1.165, 1.54) is 12.1 Å². The Hall–Kier alpha value is -1.28. The average Bonchev–Trinajstić information content (AvgIpc) is 2.95. The van der Waals surface area contributed by atoms with Crippen LogP contribution in [0.2, 0.25) is 0 Å². The molecular formula is C16H18BrF3N2O2. The largest absolute Gasteiger partial charge is 0.573 e. The molecule has 24 heavy (non-hydrogen) atoms. The van der Waals surface area contributed by atoms with Gasteiger partial charge in [0.2, 0.25) is 0 Å². The number of nitrogens with zero attached hydrogens (tertiary/aromatic N) is 2. The fourth-order valence-corrected chi connectivity index (χ4v) is 3.56. The molecule has 132 valence electrons. The highest BCUT2D eigenvalue weighted by molar-refractivity contribution is 9.18. The van der Waals surface area contributed by atoms with Gasteiger partial charge in [-0.15, -0.1) is 13.2 Å². The lowest BCUT2D eigenvalue weighted by Crippen LogP contribution is -2.37. The molecule has 0 aliphatic carbocycles. The summed E-state index contributed by atoms with van der Waals surface area (Å²) in [6.45, 7) is 2.62. The van der Waals surface area contributed by atoms with Crippen LogP contribution < -0.4 is 4.74 Å². The summed E-state index contributed by atoms with van der Waals surface area (Å²) in [5.41, 5.74) is 0.978. The molecule has 1 unspecified atom stereocenters. The number of benzene rings is 1. The molecule has 2 aliphatic rings. The summed E-state index contributed by atoms with van der Waals surface area (Å²) in [5, 5.41) is 3.94. The standard InChI is InChI=1S/C16H18BrF3N2O2/c17-15-9-14(24-21-15)12-5-7-22(8-6-12)10-11-1-3-13(4-2-11)23-16(18,19)20/h1-4,12,14H,5-10H2. The number of alkyl halides is 3. The van der Waals surface area contributed by atoms with Gasteiger partial charge < -0.3 is 9.57 Å². The van der Waals surface area contributed by atoms with Crippen molar-refractivity contribution in [2.75, 3.05) is 13.1 Å². The first-order chi connectivity index (χ1) is 11.4. The van der Waals surface area contributed by atoms with Crippen LogP contribution in [0.25, 0.3) is 0 Å². The fourth-order valence-electron chi connectivity index (χ4n) is 3.16. The summed E-state index contributed by atoms with van der Waals surface area (Å²) < 4.78 is 41.2.